The lowest BCUT2D eigenvalue weighted by molar-refractivity contribution is 0.0564. The van der Waals surface area contributed by atoms with E-state index >= 15 is 0 Å². The standard InChI is InChI=1S/C25H28ClN5O/c26-19-5-3-6-20(17-19)29-13-15-30(16-14-29)21-7-4-12-31(18-21)25(32)23-9-2-1-8-22(23)24-27-10-11-28-24/h1-3,5-6,8-11,17,21H,4,7,12-16,18H2,(H,27,28). The van der Waals surface area contributed by atoms with Crippen LogP contribution in [0.4, 0.5) is 5.69 Å². The van der Waals surface area contributed by atoms with E-state index in [1.54, 1.807) is 12.4 Å². The van der Waals surface area contributed by atoms with Crippen molar-refractivity contribution in [3.05, 3.63) is 71.5 Å². The van der Waals surface area contributed by atoms with Gasteiger partial charge in [-0.1, -0.05) is 35.9 Å². The second-order valence-corrected chi connectivity index (χ2v) is 8.97. The molecule has 0 aliphatic carbocycles. The highest BCUT2D eigenvalue weighted by Crippen LogP contribution is 2.26. The number of aromatic amines is 1. The van der Waals surface area contributed by atoms with Crippen molar-refractivity contribution in [2.24, 2.45) is 0 Å². The number of H-pyrrole nitrogens is 1. The van der Waals surface area contributed by atoms with E-state index in [1.807, 2.05) is 47.4 Å². The quantitative estimate of drug-likeness (QED) is 0.649. The molecule has 6 nitrogen and oxygen atoms in total. The first-order chi connectivity index (χ1) is 15.7. The summed E-state index contributed by atoms with van der Waals surface area (Å²) in [5.41, 5.74) is 2.76. The Hall–Kier alpha value is -2.83. The molecular weight excluding hydrogens is 422 g/mol. The number of likely N-dealkylation sites (tertiary alicyclic amines) is 1. The van der Waals surface area contributed by atoms with Crippen LogP contribution in [0, 0.1) is 0 Å². The molecule has 2 aliphatic rings. The molecule has 1 unspecified atom stereocenters. The average Bonchev–Trinajstić information content (AvgIpc) is 3.39. The lowest BCUT2D eigenvalue weighted by atomic mass is 10.00. The van der Waals surface area contributed by atoms with Crippen LogP contribution in [0.1, 0.15) is 23.2 Å². The minimum absolute atomic E-state index is 0.0965. The Bertz CT molecular complexity index is 1060. The van der Waals surface area contributed by atoms with Gasteiger partial charge in [0.2, 0.25) is 0 Å². The summed E-state index contributed by atoms with van der Waals surface area (Å²) in [7, 11) is 0. The van der Waals surface area contributed by atoms with E-state index in [-0.39, 0.29) is 5.91 Å². The van der Waals surface area contributed by atoms with Crippen LogP contribution in [-0.2, 0) is 0 Å². The van der Waals surface area contributed by atoms with Gasteiger partial charge in [0.05, 0.1) is 5.56 Å². The number of nitrogens with one attached hydrogen (secondary N) is 1. The van der Waals surface area contributed by atoms with Crippen LogP contribution in [0.15, 0.2) is 60.9 Å². The smallest absolute Gasteiger partial charge is 0.254 e. The Morgan fingerprint density at radius 3 is 2.66 bits per heavy atom. The second kappa shape index (κ2) is 9.35. The molecule has 3 heterocycles. The van der Waals surface area contributed by atoms with Gasteiger partial charge in [-0.3, -0.25) is 9.69 Å². The molecule has 3 aromatic rings. The summed E-state index contributed by atoms with van der Waals surface area (Å²) in [5.74, 6) is 0.832. The number of piperidine rings is 1. The van der Waals surface area contributed by atoms with Crippen LogP contribution in [0.2, 0.25) is 5.02 Å². The normalized spacial score (nSPS) is 19.8. The highest BCUT2D eigenvalue weighted by Gasteiger charge is 2.31. The zero-order valence-electron chi connectivity index (χ0n) is 18.1. The van der Waals surface area contributed by atoms with E-state index in [1.165, 1.54) is 5.69 Å². The van der Waals surface area contributed by atoms with Crippen molar-refractivity contribution in [3.63, 3.8) is 0 Å². The number of carbonyl (C=O) groups is 1. The molecule has 7 heteroatoms. The third kappa shape index (κ3) is 4.38. The first kappa shape index (κ1) is 21.0. The highest BCUT2D eigenvalue weighted by atomic mass is 35.5. The number of piperazine rings is 1. The SMILES string of the molecule is O=C(c1ccccc1-c1ncc[nH]1)N1CCCC(N2CCN(c3cccc(Cl)c3)CC2)C1. The molecule has 0 spiro atoms. The van der Waals surface area contributed by atoms with E-state index in [2.05, 4.69) is 25.8 Å². The Balaban J connectivity index is 1.24. The molecule has 2 aliphatic heterocycles. The molecule has 166 valence electrons. The predicted octanol–water partition coefficient (Wildman–Crippen LogP) is 4.16. The molecule has 2 aromatic carbocycles. The number of benzene rings is 2. The number of aromatic nitrogens is 2. The maximum atomic E-state index is 13.5. The Morgan fingerprint density at radius 2 is 1.88 bits per heavy atom. The van der Waals surface area contributed by atoms with Crippen LogP contribution < -0.4 is 4.90 Å². The summed E-state index contributed by atoms with van der Waals surface area (Å²) >= 11 is 6.17. The van der Waals surface area contributed by atoms with Gasteiger partial charge in [0.15, 0.2) is 0 Å². The number of anilines is 1. The lowest BCUT2D eigenvalue weighted by Gasteiger charge is -2.44. The van der Waals surface area contributed by atoms with E-state index in [0.717, 1.165) is 68.5 Å². The van der Waals surface area contributed by atoms with Gasteiger partial charge in [0, 0.05) is 74.0 Å². The minimum Gasteiger partial charge on any atom is -0.369 e. The number of halogens is 1. The number of hydrogen-bond acceptors (Lipinski definition) is 4. The van der Waals surface area contributed by atoms with E-state index < -0.39 is 0 Å². The average molecular weight is 450 g/mol. The first-order valence-corrected chi connectivity index (χ1v) is 11.7. The summed E-state index contributed by atoms with van der Waals surface area (Å²) < 4.78 is 0. The number of imidazole rings is 1. The van der Waals surface area contributed by atoms with Gasteiger partial charge in [0.25, 0.3) is 5.91 Å². The van der Waals surface area contributed by atoms with Crippen molar-refractivity contribution in [2.45, 2.75) is 18.9 Å². The zero-order chi connectivity index (χ0) is 21.9. The van der Waals surface area contributed by atoms with Crippen molar-refractivity contribution in [2.75, 3.05) is 44.2 Å². The molecule has 32 heavy (non-hydrogen) atoms. The number of nitrogens with zero attached hydrogens (tertiary/aromatic N) is 4. The first-order valence-electron chi connectivity index (χ1n) is 11.3. The van der Waals surface area contributed by atoms with Gasteiger partial charge < -0.3 is 14.8 Å². The third-order valence-electron chi connectivity index (χ3n) is 6.60. The summed E-state index contributed by atoms with van der Waals surface area (Å²) in [6.07, 6.45) is 5.68. The van der Waals surface area contributed by atoms with Gasteiger partial charge in [-0.05, 0) is 37.1 Å². The summed E-state index contributed by atoms with van der Waals surface area (Å²) in [4.78, 5) is 27.9. The van der Waals surface area contributed by atoms with Crippen LogP contribution >= 0.6 is 11.6 Å². The monoisotopic (exact) mass is 449 g/mol. The zero-order valence-corrected chi connectivity index (χ0v) is 18.8. The molecule has 2 fully saturated rings. The summed E-state index contributed by atoms with van der Waals surface area (Å²) in [5, 5.41) is 0.779. The van der Waals surface area contributed by atoms with Crippen molar-refractivity contribution in [3.8, 4) is 11.4 Å². The number of hydrogen-bond donors (Lipinski definition) is 1. The fourth-order valence-corrected chi connectivity index (χ4v) is 5.10. The molecule has 1 amide bonds. The second-order valence-electron chi connectivity index (χ2n) is 8.53. The van der Waals surface area contributed by atoms with Crippen LogP contribution in [0.3, 0.4) is 0 Å². The number of carbonyl (C=O) groups excluding carboxylic acids is 1. The van der Waals surface area contributed by atoms with Crippen LogP contribution in [-0.4, -0.2) is 71.0 Å². The number of amides is 1. The molecule has 0 saturated carbocycles. The molecule has 1 N–H and O–H groups in total. The topological polar surface area (TPSA) is 55.5 Å². The lowest BCUT2D eigenvalue weighted by Crippen LogP contribution is -2.55. The van der Waals surface area contributed by atoms with Gasteiger partial charge >= 0.3 is 0 Å². The maximum absolute atomic E-state index is 13.5. The van der Waals surface area contributed by atoms with Gasteiger partial charge in [-0.2, -0.15) is 0 Å². The van der Waals surface area contributed by atoms with E-state index in [0.29, 0.717) is 11.6 Å². The van der Waals surface area contributed by atoms with E-state index in [9.17, 15) is 4.79 Å². The fraction of sp³-hybridized carbons (Fsp3) is 0.360. The van der Waals surface area contributed by atoms with Crippen LogP contribution in [0.25, 0.3) is 11.4 Å². The third-order valence-corrected chi connectivity index (χ3v) is 6.83. The Labute approximate surface area is 193 Å². The fourth-order valence-electron chi connectivity index (χ4n) is 4.91. The maximum Gasteiger partial charge on any atom is 0.254 e. The molecule has 5 rings (SSSR count). The highest BCUT2D eigenvalue weighted by molar-refractivity contribution is 6.30. The molecular formula is C25H28ClN5O. The van der Waals surface area contributed by atoms with Gasteiger partial charge in [-0.15, -0.1) is 0 Å². The molecule has 1 atom stereocenters. The van der Waals surface area contributed by atoms with Crippen LogP contribution in [0.5, 0.6) is 0 Å². The van der Waals surface area contributed by atoms with Crippen molar-refractivity contribution >= 4 is 23.2 Å². The van der Waals surface area contributed by atoms with Crippen molar-refractivity contribution in [1.82, 2.24) is 19.8 Å². The minimum atomic E-state index is 0.0965. The summed E-state index contributed by atoms with van der Waals surface area (Å²) in [6, 6.07) is 16.2. The molecule has 0 radical (unpaired) electrons. The largest absolute Gasteiger partial charge is 0.369 e. The van der Waals surface area contributed by atoms with Crippen molar-refractivity contribution in [1.29, 1.82) is 0 Å². The van der Waals surface area contributed by atoms with Crippen molar-refractivity contribution < 1.29 is 4.79 Å². The molecule has 2 saturated heterocycles. The van der Waals surface area contributed by atoms with E-state index in [4.69, 9.17) is 11.6 Å². The number of rotatable bonds is 4. The van der Waals surface area contributed by atoms with Gasteiger partial charge in [-0.25, -0.2) is 4.98 Å². The summed E-state index contributed by atoms with van der Waals surface area (Å²) in [6.45, 7) is 5.55. The predicted molar refractivity (Wildman–Crippen MR) is 128 cm³/mol. The van der Waals surface area contributed by atoms with Gasteiger partial charge in [0.1, 0.15) is 5.82 Å². The Kier molecular flexibility index (Phi) is 6.14. The molecule has 0 bridgehead atoms. The Morgan fingerprint density at radius 1 is 1.03 bits per heavy atom. The molecule has 1 aromatic heterocycles.